The minimum atomic E-state index is -0.939. The molecule has 108 valence electrons. The van der Waals surface area contributed by atoms with Gasteiger partial charge in [-0.05, 0) is 22.0 Å². The number of halogens is 3. The van der Waals surface area contributed by atoms with Crippen molar-refractivity contribution in [3.8, 4) is 0 Å². The Balaban J connectivity index is 2.40. The Kier molecular flexibility index (Phi) is 4.85. The Bertz CT molecular complexity index is 603. The van der Waals surface area contributed by atoms with Crippen LogP contribution in [0.1, 0.15) is 17.3 Å². The predicted molar refractivity (Wildman–Crippen MR) is 74.2 cm³/mol. The highest BCUT2D eigenvalue weighted by Crippen LogP contribution is 2.28. The summed E-state index contributed by atoms with van der Waals surface area (Å²) in [6.07, 6.45) is 1.57. The Morgan fingerprint density at radius 1 is 1.45 bits per heavy atom. The zero-order chi connectivity index (χ0) is 14.7. The summed E-state index contributed by atoms with van der Waals surface area (Å²) >= 11 is 3.33. The van der Waals surface area contributed by atoms with Gasteiger partial charge in [-0.1, -0.05) is 12.1 Å². The third-order valence-electron chi connectivity index (χ3n) is 2.95. The van der Waals surface area contributed by atoms with Crippen molar-refractivity contribution in [1.29, 1.82) is 0 Å². The number of nitrogens with zero attached hydrogens (tertiary/aromatic N) is 2. The quantitative estimate of drug-likeness (QED) is 0.906. The summed E-state index contributed by atoms with van der Waals surface area (Å²) in [5.74, 6) is -1.86. The van der Waals surface area contributed by atoms with Crippen LogP contribution in [0.25, 0.3) is 0 Å². The van der Waals surface area contributed by atoms with Crippen molar-refractivity contribution < 1.29 is 13.5 Å². The third kappa shape index (κ3) is 2.89. The molecule has 0 fully saturated rings. The van der Waals surface area contributed by atoms with Crippen molar-refractivity contribution in [2.75, 3.05) is 13.7 Å². The summed E-state index contributed by atoms with van der Waals surface area (Å²) in [7, 11) is 1.57. The third-order valence-corrected chi connectivity index (χ3v) is 3.56. The van der Waals surface area contributed by atoms with Crippen LogP contribution in [-0.2, 0) is 11.3 Å². The van der Waals surface area contributed by atoms with Gasteiger partial charge in [-0.25, -0.2) is 8.78 Å². The molecule has 1 atom stereocenters. The molecule has 1 heterocycles. The van der Waals surface area contributed by atoms with Crippen LogP contribution < -0.4 is 5.73 Å². The van der Waals surface area contributed by atoms with E-state index in [0.717, 1.165) is 6.07 Å². The number of methoxy groups -OCH3 is 1. The fraction of sp³-hybridized carbons (Fsp3) is 0.308. The Labute approximate surface area is 123 Å². The van der Waals surface area contributed by atoms with E-state index >= 15 is 0 Å². The average molecular weight is 346 g/mol. The van der Waals surface area contributed by atoms with Crippen molar-refractivity contribution in [2.45, 2.75) is 12.6 Å². The van der Waals surface area contributed by atoms with Gasteiger partial charge in [0.2, 0.25) is 0 Å². The average Bonchev–Trinajstić information content (AvgIpc) is 2.80. The first-order chi connectivity index (χ1) is 9.56. The minimum absolute atomic E-state index is 0.0878. The lowest BCUT2D eigenvalue weighted by atomic mass is 10.0. The first kappa shape index (κ1) is 15.1. The number of benzene rings is 1. The molecule has 0 radical (unpaired) electrons. The Morgan fingerprint density at radius 3 is 2.90 bits per heavy atom. The van der Waals surface area contributed by atoms with Crippen LogP contribution in [0.5, 0.6) is 0 Å². The molecule has 0 saturated carbocycles. The van der Waals surface area contributed by atoms with Crippen molar-refractivity contribution in [1.82, 2.24) is 9.78 Å². The second kappa shape index (κ2) is 6.43. The maximum absolute atomic E-state index is 13.8. The zero-order valence-electron chi connectivity index (χ0n) is 10.8. The molecule has 4 nitrogen and oxygen atoms in total. The summed E-state index contributed by atoms with van der Waals surface area (Å²) in [6, 6.07) is 3.13. The van der Waals surface area contributed by atoms with Gasteiger partial charge in [0, 0.05) is 12.7 Å². The van der Waals surface area contributed by atoms with Gasteiger partial charge in [-0.15, -0.1) is 0 Å². The predicted octanol–water partition coefficient (Wildman–Crippen LogP) is 2.62. The molecule has 1 unspecified atom stereocenters. The summed E-state index contributed by atoms with van der Waals surface area (Å²) in [5.41, 5.74) is 6.73. The highest BCUT2D eigenvalue weighted by Gasteiger charge is 2.22. The van der Waals surface area contributed by atoms with E-state index in [-0.39, 0.29) is 5.56 Å². The van der Waals surface area contributed by atoms with Crippen molar-refractivity contribution >= 4 is 15.9 Å². The van der Waals surface area contributed by atoms with Gasteiger partial charge in [0.15, 0.2) is 11.6 Å². The van der Waals surface area contributed by atoms with Crippen LogP contribution >= 0.6 is 15.9 Å². The molecule has 7 heteroatoms. The molecule has 1 aromatic carbocycles. The Hall–Kier alpha value is -1.31. The molecule has 20 heavy (non-hydrogen) atoms. The smallest absolute Gasteiger partial charge is 0.163 e. The SMILES string of the molecule is COCCn1ncc(Br)c1C(N)c1cccc(F)c1F. The molecular formula is C13H14BrF2N3O. The van der Waals surface area contributed by atoms with E-state index in [4.69, 9.17) is 10.5 Å². The first-order valence-corrected chi connectivity index (χ1v) is 6.75. The van der Waals surface area contributed by atoms with Crippen molar-refractivity contribution in [3.63, 3.8) is 0 Å². The summed E-state index contributed by atoms with van der Waals surface area (Å²) < 4.78 is 34.4. The molecule has 0 aliphatic carbocycles. The topological polar surface area (TPSA) is 53.1 Å². The van der Waals surface area contributed by atoms with Gasteiger partial charge in [0.05, 0.1) is 35.6 Å². The van der Waals surface area contributed by atoms with Gasteiger partial charge >= 0.3 is 0 Å². The second-order valence-electron chi connectivity index (χ2n) is 4.21. The van der Waals surface area contributed by atoms with E-state index in [9.17, 15) is 8.78 Å². The van der Waals surface area contributed by atoms with Crippen LogP contribution in [0.3, 0.4) is 0 Å². The summed E-state index contributed by atoms with van der Waals surface area (Å²) in [6.45, 7) is 0.918. The van der Waals surface area contributed by atoms with Gasteiger partial charge in [0.25, 0.3) is 0 Å². The number of aromatic nitrogens is 2. The molecule has 1 aromatic heterocycles. The minimum Gasteiger partial charge on any atom is -0.383 e. The first-order valence-electron chi connectivity index (χ1n) is 5.96. The van der Waals surface area contributed by atoms with E-state index in [1.54, 1.807) is 18.0 Å². The van der Waals surface area contributed by atoms with Crippen molar-refractivity contribution in [3.05, 3.63) is 51.8 Å². The largest absolute Gasteiger partial charge is 0.383 e. The normalized spacial score (nSPS) is 12.7. The number of rotatable bonds is 5. The van der Waals surface area contributed by atoms with Gasteiger partial charge in [0.1, 0.15) is 0 Å². The Morgan fingerprint density at radius 2 is 2.20 bits per heavy atom. The highest BCUT2D eigenvalue weighted by molar-refractivity contribution is 9.10. The molecule has 2 rings (SSSR count). The maximum Gasteiger partial charge on any atom is 0.163 e. The van der Waals surface area contributed by atoms with Crippen LogP contribution in [0, 0.1) is 11.6 Å². The number of nitrogens with two attached hydrogens (primary N) is 1. The standard InChI is InChI=1S/C13H14BrF2N3O/c1-20-6-5-19-13(9(14)7-18-19)12(17)8-3-2-4-10(15)11(8)16/h2-4,7,12H,5-6,17H2,1H3. The molecule has 0 aliphatic rings. The number of ether oxygens (including phenoxy) is 1. The van der Waals surface area contributed by atoms with Crippen LogP contribution in [0.4, 0.5) is 8.78 Å². The van der Waals surface area contributed by atoms with E-state index in [0.29, 0.717) is 23.3 Å². The highest BCUT2D eigenvalue weighted by atomic mass is 79.9. The molecular weight excluding hydrogens is 332 g/mol. The molecule has 2 N–H and O–H groups in total. The fourth-order valence-electron chi connectivity index (χ4n) is 1.95. The molecule has 0 saturated heterocycles. The second-order valence-corrected chi connectivity index (χ2v) is 5.07. The molecule has 0 bridgehead atoms. The van der Waals surface area contributed by atoms with E-state index < -0.39 is 17.7 Å². The summed E-state index contributed by atoms with van der Waals surface area (Å²) in [5, 5.41) is 4.15. The molecule has 0 spiro atoms. The van der Waals surface area contributed by atoms with Crippen LogP contribution in [0.15, 0.2) is 28.9 Å². The number of hydrogen-bond acceptors (Lipinski definition) is 3. The maximum atomic E-state index is 13.8. The lowest BCUT2D eigenvalue weighted by molar-refractivity contribution is 0.182. The van der Waals surface area contributed by atoms with Crippen molar-refractivity contribution in [2.24, 2.45) is 5.73 Å². The van der Waals surface area contributed by atoms with E-state index in [2.05, 4.69) is 21.0 Å². The lowest BCUT2D eigenvalue weighted by Gasteiger charge is -2.16. The number of hydrogen-bond donors (Lipinski definition) is 1. The van der Waals surface area contributed by atoms with E-state index in [1.165, 1.54) is 12.1 Å². The van der Waals surface area contributed by atoms with Crippen LogP contribution in [-0.4, -0.2) is 23.5 Å². The summed E-state index contributed by atoms with van der Waals surface area (Å²) in [4.78, 5) is 0. The van der Waals surface area contributed by atoms with Gasteiger partial charge in [-0.2, -0.15) is 5.10 Å². The van der Waals surface area contributed by atoms with Gasteiger partial charge < -0.3 is 10.5 Å². The monoisotopic (exact) mass is 345 g/mol. The lowest BCUT2D eigenvalue weighted by Crippen LogP contribution is -2.21. The fourth-order valence-corrected chi connectivity index (χ4v) is 2.49. The zero-order valence-corrected chi connectivity index (χ0v) is 12.4. The van der Waals surface area contributed by atoms with E-state index in [1.807, 2.05) is 0 Å². The van der Waals surface area contributed by atoms with Gasteiger partial charge in [-0.3, -0.25) is 4.68 Å². The molecule has 0 amide bonds. The molecule has 2 aromatic rings. The molecule has 0 aliphatic heterocycles. The van der Waals surface area contributed by atoms with Crippen LogP contribution in [0.2, 0.25) is 0 Å².